The molecule has 0 heterocycles. The molecule has 0 amide bonds. The number of nitrogens with two attached hydrogens (primary N) is 1. The Morgan fingerprint density at radius 1 is 1.33 bits per heavy atom. The van der Waals surface area contributed by atoms with E-state index in [1.54, 1.807) is 12.1 Å². The minimum atomic E-state index is -0.315. The first-order chi connectivity index (χ1) is 10.0. The number of carbonyl (C=O) groups is 1. The number of carbonyl (C=O) groups excluding carboxylic acids is 1. The molecule has 1 aromatic rings. The van der Waals surface area contributed by atoms with Crippen LogP contribution in [0.15, 0.2) is 18.2 Å². The Kier molecular flexibility index (Phi) is 5.10. The third-order valence-corrected chi connectivity index (χ3v) is 4.54. The van der Waals surface area contributed by atoms with Gasteiger partial charge in [-0.1, -0.05) is 19.9 Å². The van der Waals surface area contributed by atoms with Crippen LogP contribution < -0.4 is 11.1 Å². The zero-order chi connectivity index (χ0) is 15.4. The molecule has 4 nitrogen and oxygen atoms in total. The normalized spacial score (nSPS) is 25.4. The molecule has 3 atom stereocenters. The summed E-state index contributed by atoms with van der Waals surface area (Å²) in [6.07, 6.45) is 3.43. The number of hydrogen-bond acceptors (Lipinski definition) is 4. The summed E-state index contributed by atoms with van der Waals surface area (Å²) in [5.74, 6) is 1.14. The highest BCUT2D eigenvalue weighted by molar-refractivity contribution is 5.98. The molecule has 0 bridgehead atoms. The number of anilines is 2. The molecule has 2 rings (SSSR count). The van der Waals surface area contributed by atoms with Gasteiger partial charge in [0.1, 0.15) is 0 Å². The van der Waals surface area contributed by atoms with E-state index >= 15 is 0 Å². The van der Waals surface area contributed by atoms with Crippen LogP contribution in [-0.4, -0.2) is 18.6 Å². The Morgan fingerprint density at radius 3 is 2.76 bits per heavy atom. The molecular formula is C17H26N2O2. The van der Waals surface area contributed by atoms with Crippen molar-refractivity contribution in [2.75, 3.05) is 17.7 Å². The average molecular weight is 290 g/mol. The van der Waals surface area contributed by atoms with E-state index in [4.69, 9.17) is 10.5 Å². The minimum Gasteiger partial charge on any atom is -0.462 e. The lowest BCUT2D eigenvalue weighted by Crippen LogP contribution is -2.31. The van der Waals surface area contributed by atoms with E-state index in [2.05, 4.69) is 19.2 Å². The number of esters is 1. The zero-order valence-corrected chi connectivity index (χ0v) is 13.2. The molecule has 3 unspecified atom stereocenters. The van der Waals surface area contributed by atoms with Gasteiger partial charge < -0.3 is 15.8 Å². The molecule has 21 heavy (non-hydrogen) atoms. The fraction of sp³-hybridized carbons (Fsp3) is 0.588. The fourth-order valence-electron chi connectivity index (χ4n) is 2.99. The highest BCUT2D eigenvalue weighted by Gasteiger charge is 2.26. The van der Waals surface area contributed by atoms with Gasteiger partial charge in [0.2, 0.25) is 0 Å². The lowest BCUT2D eigenvalue weighted by molar-refractivity contribution is 0.0527. The van der Waals surface area contributed by atoms with E-state index in [0.29, 0.717) is 29.8 Å². The van der Waals surface area contributed by atoms with Crippen molar-refractivity contribution in [2.45, 2.75) is 46.1 Å². The summed E-state index contributed by atoms with van der Waals surface area (Å²) in [5.41, 5.74) is 7.92. The third kappa shape index (κ3) is 3.69. The molecule has 4 heteroatoms. The van der Waals surface area contributed by atoms with Crippen molar-refractivity contribution < 1.29 is 9.53 Å². The highest BCUT2D eigenvalue weighted by atomic mass is 16.5. The molecule has 0 radical (unpaired) electrons. The SMILES string of the molecule is CCOC(=O)c1cccc(N)c1NC1CCC(C)C(C)C1. The number of para-hydroxylation sites is 1. The van der Waals surface area contributed by atoms with E-state index in [0.717, 1.165) is 24.4 Å². The van der Waals surface area contributed by atoms with Gasteiger partial charge >= 0.3 is 5.97 Å². The molecule has 1 aromatic carbocycles. The summed E-state index contributed by atoms with van der Waals surface area (Å²) in [7, 11) is 0. The van der Waals surface area contributed by atoms with Crippen molar-refractivity contribution in [1.29, 1.82) is 0 Å². The molecule has 0 aromatic heterocycles. The number of ether oxygens (including phenoxy) is 1. The van der Waals surface area contributed by atoms with E-state index in [1.807, 2.05) is 13.0 Å². The van der Waals surface area contributed by atoms with Gasteiger partial charge in [-0.05, 0) is 50.2 Å². The predicted octanol–water partition coefficient (Wildman–Crippen LogP) is 3.68. The molecule has 1 aliphatic rings. The van der Waals surface area contributed by atoms with E-state index < -0.39 is 0 Å². The maximum atomic E-state index is 12.1. The van der Waals surface area contributed by atoms with E-state index in [9.17, 15) is 4.79 Å². The smallest absolute Gasteiger partial charge is 0.340 e. The molecule has 1 aliphatic carbocycles. The van der Waals surface area contributed by atoms with E-state index in [1.165, 1.54) is 6.42 Å². The fourth-order valence-corrected chi connectivity index (χ4v) is 2.99. The summed E-state index contributed by atoms with van der Waals surface area (Å²) in [6, 6.07) is 5.75. The number of rotatable bonds is 4. The second-order valence-corrected chi connectivity index (χ2v) is 6.10. The molecule has 1 saturated carbocycles. The van der Waals surface area contributed by atoms with Gasteiger partial charge in [-0.25, -0.2) is 4.79 Å². The van der Waals surface area contributed by atoms with Crippen LogP contribution in [0.2, 0.25) is 0 Å². The minimum absolute atomic E-state index is 0.315. The van der Waals surface area contributed by atoms with Gasteiger partial charge in [0.15, 0.2) is 0 Å². The Hall–Kier alpha value is -1.71. The van der Waals surface area contributed by atoms with Gasteiger partial charge in [-0.3, -0.25) is 0 Å². The second kappa shape index (κ2) is 6.83. The maximum Gasteiger partial charge on any atom is 0.340 e. The number of nitrogens with one attached hydrogen (secondary N) is 1. The van der Waals surface area contributed by atoms with Crippen LogP contribution in [0.1, 0.15) is 50.4 Å². The van der Waals surface area contributed by atoms with Gasteiger partial charge in [0.05, 0.1) is 23.5 Å². The van der Waals surface area contributed by atoms with Gasteiger partial charge in [-0.15, -0.1) is 0 Å². The van der Waals surface area contributed by atoms with Crippen LogP contribution in [0.25, 0.3) is 0 Å². The summed E-state index contributed by atoms with van der Waals surface area (Å²) in [5, 5.41) is 3.48. The average Bonchev–Trinajstić information content (AvgIpc) is 2.45. The first kappa shape index (κ1) is 15.7. The Morgan fingerprint density at radius 2 is 2.10 bits per heavy atom. The molecule has 1 fully saturated rings. The second-order valence-electron chi connectivity index (χ2n) is 6.10. The zero-order valence-electron chi connectivity index (χ0n) is 13.2. The third-order valence-electron chi connectivity index (χ3n) is 4.54. The van der Waals surface area contributed by atoms with Crippen LogP contribution in [0.3, 0.4) is 0 Å². The van der Waals surface area contributed by atoms with Crippen molar-refractivity contribution in [3.8, 4) is 0 Å². The van der Waals surface area contributed by atoms with Crippen molar-refractivity contribution in [3.63, 3.8) is 0 Å². The van der Waals surface area contributed by atoms with Crippen LogP contribution in [0, 0.1) is 11.8 Å². The Labute approximate surface area is 127 Å². The molecule has 0 aliphatic heterocycles. The summed E-state index contributed by atoms with van der Waals surface area (Å²) in [6.45, 7) is 6.77. The van der Waals surface area contributed by atoms with Crippen LogP contribution in [0.5, 0.6) is 0 Å². The summed E-state index contributed by atoms with van der Waals surface area (Å²) in [4.78, 5) is 12.1. The predicted molar refractivity (Wildman–Crippen MR) is 86.4 cm³/mol. The first-order valence-corrected chi connectivity index (χ1v) is 7.85. The summed E-state index contributed by atoms with van der Waals surface area (Å²) < 4.78 is 5.12. The van der Waals surface area contributed by atoms with Crippen LogP contribution in [-0.2, 0) is 4.74 Å². The lowest BCUT2D eigenvalue weighted by atomic mass is 9.79. The number of benzene rings is 1. The topological polar surface area (TPSA) is 64.3 Å². The number of nitrogen functional groups attached to an aromatic ring is 1. The van der Waals surface area contributed by atoms with Crippen LogP contribution in [0.4, 0.5) is 11.4 Å². The van der Waals surface area contributed by atoms with E-state index in [-0.39, 0.29) is 5.97 Å². The van der Waals surface area contributed by atoms with Crippen molar-refractivity contribution in [3.05, 3.63) is 23.8 Å². The first-order valence-electron chi connectivity index (χ1n) is 7.85. The van der Waals surface area contributed by atoms with Crippen molar-refractivity contribution in [2.24, 2.45) is 11.8 Å². The monoisotopic (exact) mass is 290 g/mol. The van der Waals surface area contributed by atoms with Crippen molar-refractivity contribution in [1.82, 2.24) is 0 Å². The molecular weight excluding hydrogens is 264 g/mol. The van der Waals surface area contributed by atoms with Gasteiger partial charge in [-0.2, -0.15) is 0 Å². The molecule has 0 saturated heterocycles. The van der Waals surface area contributed by atoms with Gasteiger partial charge in [0.25, 0.3) is 0 Å². The largest absolute Gasteiger partial charge is 0.462 e. The standard InChI is InChI=1S/C17H26N2O2/c1-4-21-17(20)14-6-5-7-15(18)16(14)19-13-9-8-11(2)12(3)10-13/h5-7,11-13,19H,4,8-10,18H2,1-3H3. The number of hydrogen-bond donors (Lipinski definition) is 2. The highest BCUT2D eigenvalue weighted by Crippen LogP contribution is 2.33. The molecule has 116 valence electrons. The van der Waals surface area contributed by atoms with Gasteiger partial charge in [0, 0.05) is 6.04 Å². The molecule has 0 spiro atoms. The maximum absolute atomic E-state index is 12.1. The van der Waals surface area contributed by atoms with Crippen LogP contribution >= 0.6 is 0 Å². The van der Waals surface area contributed by atoms with Crippen molar-refractivity contribution >= 4 is 17.3 Å². The Balaban J connectivity index is 2.17. The Bertz CT molecular complexity index is 502. The summed E-state index contributed by atoms with van der Waals surface area (Å²) >= 11 is 0. The molecule has 3 N–H and O–H groups in total. The lowest BCUT2D eigenvalue weighted by Gasteiger charge is -2.33. The quantitative estimate of drug-likeness (QED) is 0.656.